The Hall–Kier alpha value is -2.24. The summed E-state index contributed by atoms with van der Waals surface area (Å²) >= 11 is 0. The standard InChI is InChI=1S/C17H25N5O4.HI/c1-4-18-16(19-7-8-22-15(23)11-21-17(22)24)20-10-12-5-6-13(25-2)14(9-12)26-3;/h5-6,9H,4,7-8,10-11H2,1-3H3,(H,21,24)(H2,18,19,20);1H. The van der Waals surface area contributed by atoms with Gasteiger partial charge in [0.2, 0.25) is 5.91 Å². The van der Waals surface area contributed by atoms with Crippen molar-refractivity contribution in [2.45, 2.75) is 13.5 Å². The summed E-state index contributed by atoms with van der Waals surface area (Å²) in [5, 5.41) is 8.74. The van der Waals surface area contributed by atoms with Crippen LogP contribution in [0.3, 0.4) is 0 Å². The normalized spacial score (nSPS) is 13.7. The highest BCUT2D eigenvalue weighted by Gasteiger charge is 2.27. The van der Waals surface area contributed by atoms with E-state index in [-0.39, 0.29) is 49.0 Å². The second kappa shape index (κ2) is 11.5. The second-order valence-corrected chi connectivity index (χ2v) is 5.52. The Morgan fingerprint density at radius 2 is 1.96 bits per heavy atom. The van der Waals surface area contributed by atoms with Crippen LogP contribution in [-0.2, 0) is 11.3 Å². The number of benzene rings is 1. The summed E-state index contributed by atoms with van der Waals surface area (Å²) in [4.78, 5) is 28.8. The monoisotopic (exact) mass is 491 g/mol. The largest absolute Gasteiger partial charge is 0.493 e. The molecular formula is C17H26IN5O4. The zero-order valence-corrected chi connectivity index (χ0v) is 18.0. The van der Waals surface area contributed by atoms with Gasteiger partial charge in [0.1, 0.15) is 0 Å². The first-order valence-electron chi connectivity index (χ1n) is 8.40. The van der Waals surface area contributed by atoms with Gasteiger partial charge in [-0.2, -0.15) is 0 Å². The number of halogens is 1. The Balaban J connectivity index is 0.00000364. The van der Waals surface area contributed by atoms with Gasteiger partial charge < -0.3 is 25.4 Å². The molecule has 0 radical (unpaired) electrons. The lowest BCUT2D eigenvalue weighted by molar-refractivity contribution is -0.124. The van der Waals surface area contributed by atoms with Gasteiger partial charge in [-0.25, -0.2) is 9.79 Å². The number of hydrogen-bond acceptors (Lipinski definition) is 5. The maximum atomic E-state index is 11.6. The van der Waals surface area contributed by atoms with Crippen molar-refractivity contribution in [3.8, 4) is 11.5 Å². The minimum atomic E-state index is -0.357. The molecule has 150 valence electrons. The van der Waals surface area contributed by atoms with Crippen LogP contribution in [0, 0.1) is 0 Å². The van der Waals surface area contributed by atoms with Crippen molar-refractivity contribution in [2.75, 3.05) is 40.4 Å². The Bertz CT molecular complexity index is 667. The maximum Gasteiger partial charge on any atom is 0.324 e. The van der Waals surface area contributed by atoms with E-state index >= 15 is 0 Å². The number of methoxy groups -OCH3 is 2. The highest BCUT2D eigenvalue weighted by molar-refractivity contribution is 14.0. The average Bonchev–Trinajstić information content (AvgIpc) is 2.97. The SMILES string of the molecule is CCNC(=NCc1ccc(OC)c(OC)c1)NCCN1C(=O)CNC1=O.I. The molecule has 1 heterocycles. The highest BCUT2D eigenvalue weighted by atomic mass is 127. The fourth-order valence-corrected chi connectivity index (χ4v) is 2.46. The topological polar surface area (TPSA) is 104 Å². The van der Waals surface area contributed by atoms with Crippen molar-refractivity contribution in [1.82, 2.24) is 20.9 Å². The van der Waals surface area contributed by atoms with Gasteiger partial charge in [-0.1, -0.05) is 6.07 Å². The molecule has 1 fully saturated rings. The van der Waals surface area contributed by atoms with Crippen LogP contribution in [0.15, 0.2) is 23.2 Å². The summed E-state index contributed by atoms with van der Waals surface area (Å²) in [6.45, 7) is 3.86. The molecule has 10 heteroatoms. The number of nitrogens with zero attached hydrogens (tertiary/aromatic N) is 2. The van der Waals surface area contributed by atoms with Crippen LogP contribution < -0.4 is 25.4 Å². The van der Waals surface area contributed by atoms with Gasteiger partial charge in [0.25, 0.3) is 0 Å². The number of amides is 3. The molecule has 9 nitrogen and oxygen atoms in total. The summed E-state index contributed by atoms with van der Waals surface area (Å²) in [6, 6.07) is 5.27. The van der Waals surface area contributed by atoms with Crippen LogP contribution in [0.25, 0.3) is 0 Å². The molecule has 0 bridgehead atoms. The molecule has 1 aromatic carbocycles. The van der Waals surface area contributed by atoms with E-state index in [2.05, 4.69) is 20.9 Å². The van der Waals surface area contributed by atoms with Crippen molar-refractivity contribution in [2.24, 2.45) is 4.99 Å². The summed E-state index contributed by atoms with van der Waals surface area (Å²) in [7, 11) is 3.18. The van der Waals surface area contributed by atoms with E-state index in [4.69, 9.17) is 9.47 Å². The lowest BCUT2D eigenvalue weighted by Gasteiger charge is -2.15. The Morgan fingerprint density at radius 3 is 2.56 bits per heavy atom. The van der Waals surface area contributed by atoms with Gasteiger partial charge in [-0.05, 0) is 24.6 Å². The number of carbonyl (C=O) groups is 2. The number of nitrogens with one attached hydrogen (secondary N) is 3. The third kappa shape index (κ3) is 6.45. The summed E-state index contributed by atoms with van der Waals surface area (Å²) in [6.07, 6.45) is 0. The van der Waals surface area contributed by atoms with Gasteiger partial charge in [-0.15, -0.1) is 24.0 Å². The van der Waals surface area contributed by atoms with Crippen molar-refractivity contribution >= 4 is 41.9 Å². The molecular weight excluding hydrogens is 465 g/mol. The Morgan fingerprint density at radius 1 is 1.22 bits per heavy atom. The first-order chi connectivity index (χ1) is 12.6. The quantitative estimate of drug-likeness (QED) is 0.216. The molecule has 0 saturated carbocycles. The number of ether oxygens (including phenoxy) is 2. The minimum Gasteiger partial charge on any atom is -0.493 e. The molecule has 0 spiro atoms. The first-order valence-corrected chi connectivity index (χ1v) is 8.40. The Kier molecular flexibility index (Phi) is 9.68. The van der Waals surface area contributed by atoms with Crippen molar-refractivity contribution in [3.05, 3.63) is 23.8 Å². The van der Waals surface area contributed by atoms with Crippen molar-refractivity contribution < 1.29 is 19.1 Å². The molecule has 0 unspecified atom stereocenters. The van der Waals surface area contributed by atoms with Crippen LogP contribution >= 0.6 is 24.0 Å². The van der Waals surface area contributed by atoms with E-state index in [1.54, 1.807) is 14.2 Å². The average molecular weight is 491 g/mol. The van der Waals surface area contributed by atoms with Crippen LogP contribution in [-0.4, -0.2) is 63.2 Å². The third-order valence-corrected chi connectivity index (χ3v) is 3.78. The molecule has 0 aromatic heterocycles. The lowest BCUT2D eigenvalue weighted by atomic mass is 10.2. The number of urea groups is 1. The number of hydrogen-bond donors (Lipinski definition) is 3. The van der Waals surface area contributed by atoms with Gasteiger partial charge in [0, 0.05) is 19.6 Å². The number of carbonyl (C=O) groups excluding carboxylic acids is 2. The van der Waals surface area contributed by atoms with E-state index in [0.29, 0.717) is 37.1 Å². The van der Waals surface area contributed by atoms with E-state index in [1.165, 1.54) is 4.90 Å². The highest BCUT2D eigenvalue weighted by Crippen LogP contribution is 2.27. The predicted molar refractivity (Wildman–Crippen MR) is 113 cm³/mol. The van der Waals surface area contributed by atoms with Crippen LogP contribution in [0.5, 0.6) is 11.5 Å². The molecule has 1 saturated heterocycles. The number of rotatable bonds is 8. The molecule has 3 amide bonds. The maximum absolute atomic E-state index is 11.6. The molecule has 0 aliphatic carbocycles. The van der Waals surface area contributed by atoms with Gasteiger partial charge in [-0.3, -0.25) is 9.69 Å². The fraction of sp³-hybridized carbons (Fsp3) is 0.471. The van der Waals surface area contributed by atoms with E-state index < -0.39 is 0 Å². The van der Waals surface area contributed by atoms with E-state index in [1.807, 2.05) is 25.1 Å². The molecule has 27 heavy (non-hydrogen) atoms. The summed E-state index contributed by atoms with van der Waals surface area (Å²) in [5.74, 6) is 1.70. The van der Waals surface area contributed by atoms with Crippen molar-refractivity contribution in [3.63, 3.8) is 0 Å². The molecule has 1 aliphatic rings. The van der Waals surface area contributed by atoms with Gasteiger partial charge in [0.05, 0.1) is 27.3 Å². The number of aliphatic imine (C=N–C) groups is 1. The first kappa shape index (κ1) is 22.8. The third-order valence-electron chi connectivity index (χ3n) is 3.78. The van der Waals surface area contributed by atoms with Crippen LogP contribution in [0.4, 0.5) is 4.79 Å². The van der Waals surface area contributed by atoms with Gasteiger partial charge in [0.15, 0.2) is 17.5 Å². The smallest absolute Gasteiger partial charge is 0.324 e. The molecule has 3 N–H and O–H groups in total. The van der Waals surface area contributed by atoms with Crippen LogP contribution in [0.2, 0.25) is 0 Å². The zero-order chi connectivity index (χ0) is 18.9. The Labute approximate surface area is 175 Å². The molecule has 2 rings (SSSR count). The molecule has 1 aromatic rings. The molecule has 1 aliphatic heterocycles. The number of guanidine groups is 1. The number of imide groups is 1. The minimum absolute atomic E-state index is 0. The van der Waals surface area contributed by atoms with E-state index in [0.717, 1.165) is 5.56 Å². The fourth-order valence-electron chi connectivity index (χ4n) is 2.46. The predicted octanol–water partition coefficient (Wildman–Crippen LogP) is 0.929. The summed E-state index contributed by atoms with van der Waals surface area (Å²) in [5.41, 5.74) is 0.967. The lowest BCUT2D eigenvalue weighted by Crippen LogP contribution is -2.43. The van der Waals surface area contributed by atoms with Crippen LogP contribution in [0.1, 0.15) is 12.5 Å². The second-order valence-electron chi connectivity index (χ2n) is 5.52. The zero-order valence-electron chi connectivity index (χ0n) is 15.7. The molecule has 0 atom stereocenters. The van der Waals surface area contributed by atoms with Crippen molar-refractivity contribution in [1.29, 1.82) is 0 Å². The summed E-state index contributed by atoms with van der Waals surface area (Å²) < 4.78 is 10.5. The van der Waals surface area contributed by atoms with E-state index in [9.17, 15) is 9.59 Å². The van der Waals surface area contributed by atoms with Gasteiger partial charge >= 0.3 is 6.03 Å².